The zero-order chi connectivity index (χ0) is 24.0. The first-order valence-corrected chi connectivity index (χ1v) is 13.6. The predicted molar refractivity (Wildman–Crippen MR) is 131 cm³/mol. The van der Waals surface area contributed by atoms with Gasteiger partial charge in [-0.1, -0.05) is 61.7 Å². The van der Waals surface area contributed by atoms with Crippen LogP contribution in [-0.4, -0.2) is 62.2 Å². The number of carbonyl (C=O) groups is 2. The van der Waals surface area contributed by atoms with Gasteiger partial charge in [0.15, 0.2) is 0 Å². The molecule has 4 rings (SSSR count). The number of nitrogens with zero attached hydrogens (tertiary/aromatic N) is 2. The van der Waals surface area contributed by atoms with Crippen LogP contribution in [0.3, 0.4) is 0 Å². The number of sulfonamides is 1. The molecular weight excluding hydrogens is 450 g/mol. The van der Waals surface area contributed by atoms with E-state index in [0.29, 0.717) is 23.9 Å². The summed E-state index contributed by atoms with van der Waals surface area (Å²) >= 11 is 0. The molecule has 34 heavy (non-hydrogen) atoms. The standard InChI is InChI=1S/C26H33N3O4S/c30-25(19-21-7-3-1-4-8-21)27-20-26(31)28-15-17-29(18-16-28)34(32,33)24-13-11-23(12-14-24)22-9-5-2-6-10-22/h1,3-4,7-8,11-14,22H,2,5-6,9-10,15-20H2,(H,27,30). The molecule has 0 bridgehead atoms. The zero-order valence-electron chi connectivity index (χ0n) is 19.5. The Kier molecular flexibility index (Phi) is 8.00. The third kappa shape index (κ3) is 6.04. The molecule has 7 nitrogen and oxygen atoms in total. The smallest absolute Gasteiger partial charge is 0.243 e. The molecule has 182 valence electrons. The van der Waals surface area contributed by atoms with Crippen molar-refractivity contribution in [1.82, 2.24) is 14.5 Å². The molecule has 0 unspecified atom stereocenters. The average Bonchev–Trinajstić information content (AvgIpc) is 2.88. The first kappa shape index (κ1) is 24.4. The van der Waals surface area contributed by atoms with Gasteiger partial charge < -0.3 is 10.2 Å². The number of benzene rings is 2. The summed E-state index contributed by atoms with van der Waals surface area (Å²) in [5.74, 6) is 0.126. The SMILES string of the molecule is O=C(Cc1ccccc1)NCC(=O)N1CCN(S(=O)(=O)c2ccc(C3CCCCC3)cc2)CC1. The highest BCUT2D eigenvalue weighted by Gasteiger charge is 2.30. The lowest BCUT2D eigenvalue weighted by Crippen LogP contribution is -2.52. The number of rotatable bonds is 7. The Bertz CT molecular complexity index is 1070. The molecule has 0 spiro atoms. The van der Waals surface area contributed by atoms with Crippen molar-refractivity contribution in [3.05, 3.63) is 65.7 Å². The third-order valence-electron chi connectivity index (χ3n) is 6.83. The lowest BCUT2D eigenvalue weighted by Gasteiger charge is -2.34. The first-order valence-electron chi connectivity index (χ1n) is 12.1. The number of nitrogens with one attached hydrogen (secondary N) is 1. The molecule has 0 atom stereocenters. The molecule has 2 aliphatic rings. The van der Waals surface area contributed by atoms with E-state index in [1.165, 1.54) is 42.0 Å². The van der Waals surface area contributed by atoms with Crippen LogP contribution in [-0.2, 0) is 26.0 Å². The van der Waals surface area contributed by atoms with Gasteiger partial charge in [0, 0.05) is 26.2 Å². The molecule has 2 fully saturated rings. The van der Waals surface area contributed by atoms with Crippen LogP contribution in [0, 0.1) is 0 Å². The number of hydrogen-bond acceptors (Lipinski definition) is 4. The molecule has 0 radical (unpaired) electrons. The van der Waals surface area contributed by atoms with Crippen molar-refractivity contribution in [1.29, 1.82) is 0 Å². The van der Waals surface area contributed by atoms with Crippen LogP contribution < -0.4 is 5.32 Å². The maximum absolute atomic E-state index is 13.1. The van der Waals surface area contributed by atoms with Crippen molar-refractivity contribution >= 4 is 21.8 Å². The van der Waals surface area contributed by atoms with Gasteiger partial charge in [-0.3, -0.25) is 9.59 Å². The van der Waals surface area contributed by atoms with E-state index in [-0.39, 0.29) is 37.9 Å². The lowest BCUT2D eigenvalue weighted by atomic mass is 9.84. The quantitative estimate of drug-likeness (QED) is 0.656. The van der Waals surface area contributed by atoms with Gasteiger partial charge in [-0.2, -0.15) is 4.31 Å². The van der Waals surface area contributed by atoms with Gasteiger partial charge in [0.1, 0.15) is 0 Å². The molecule has 1 heterocycles. The zero-order valence-corrected chi connectivity index (χ0v) is 20.3. The fourth-order valence-electron chi connectivity index (χ4n) is 4.80. The van der Waals surface area contributed by atoms with E-state index in [2.05, 4.69) is 5.32 Å². The van der Waals surface area contributed by atoms with Gasteiger partial charge in [-0.05, 0) is 42.0 Å². The van der Waals surface area contributed by atoms with E-state index >= 15 is 0 Å². The fraction of sp³-hybridized carbons (Fsp3) is 0.462. The van der Waals surface area contributed by atoms with Crippen molar-refractivity contribution in [2.45, 2.75) is 49.3 Å². The van der Waals surface area contributed by atoms with E-state index in [4.69, 9.17) is 0 Å². The molecule has 2 amide bonds. The maximum atomic E-state index is 13.1. The van der Waals surface area contributed by atoms with Gasteiger partial charge >= 0.3 is 0 Å². The van der Waals surface area contributed by atoms with E-state index in [1.807, 2.05) is 42.5 Å². The maximum Gasteiger partial charge on any atom is 0.243 e. The number of carbonyl (C=O) groups excluding carboxylic acids is 2. The van der Waals surface area contributed by atoms with Gasteiger partial charge in [0.2, 0.25) is 21.8 Å². The highest BCUT2D eigenvalue weighted by molar-refractivity contribution is 7.89. The van der Waals surface area contributed by atoms with Gasteiger partial charge in [-0.25, -0.2) is 8.42 Å². The largest absolute Gasteiger partial charge is 0.347 e. The lowest BCUT2D eigenvalue weighted by molar-refractivity contribution is -0.133. The molecule has 1 N–H and O–H groups in total. The molecule has 1 saturated carbocycles. The molecular formula is C26H33N3O4S. The van der Waals surface area contributed by atoms with Crippen molar-refractivity contribution in [2.24, 2.45) is 0 Å². The molecule has 2 aromatic carbocycles. The van der Waals surface area contributed by atoms with Crippen LogP contribution in [0.4, 0.5) is 0 Å². The molecule has 1 aliphatic carbocycles. The van der Waals surface area contributed by atoms with Gasteiger partial charge in [0.05, 0.1) is 17.9 Å². The summed E-state index contributed by atoms with van der Waals surface area (Å²) in [6.45, 7) is 1.04. The van der Waals surface area contributed by atoms with Crippen LogP contribution in [0.15, 0.2) is 59.5 Å². The second kappa shape index (κ2) is 11.1. The van der Waals surface area contributed by atoms with Crippen molar-refractivity contribution in [2.75, 3.05) is 32.7 Å². The second-order valence-electron chi connectivity index (χ2n) is 9.13. The monoisotopic (exact) mass is 483 g/mol. The Morgan fingerprint density at radius 1 is 0.853 bits per heavy atom. The first-order chi connectivity index (χ1) is 16.4. The van der Waals surface area contributed by atoms with Crippen LogP contribution >= 0.6 is 0 Å². The van der Waals surface area contributed by atoms with Crippen LogP contribution in [0.5, 0.6) is 0 Å². The summed E-state index contributed by atoms with van der Waals surface area (Å²) in [7, 11) is -3.59. The fourth-order valence-corrected chi connectivity index (χ4v) is 6.23. The van der Waals surface area contributed by atoms with Gasteiger partial charge in [0.25, 0.3) is 0 Å². The molecule has 0 aromatic heterocycles. The Morgan fingerprint density at radius 3 is 2.15 bits per heavy atom. The van der Waals surface area contributed by atoms with E-state index in [0.717, 1.165) is 5.56 Å². The minimum Gasteiger partial charge on any atom is -0.347 e. The Balaban J connectivity index is 1.26. The Morgan fingerprint density at radius 2 is 1.50 bits per heavy atom. The second-order valence-corrected chi connectivity index (χ2v) is 11.1. The van der Waals surface area contributed by atoms with E-state index in [1.54, 1.807) is 17.0 Å². The van der Waals surface area contributed by atoms with Crippen molar-refractivity contribution < 1.29 is 18.0 Å². The van der Waals surface area contributed by atoms with Crippen molar-refractivity contribution in [3.8, 4) is 0 Å². The minimum atomic E-state index is -3.59. The average molecular weight is 484 g/mol. The van der Waals surface area contributed by atoms with E-state index in [9.17, 15) is 18.0 Å². The third-order valence-corrected chi connectivity index (χ3v) is 8.74. The summed E-state index contributed by atoms with van der Waals surface area (Å²) < 4.78 is 27.7. The minimum absolute atomic E-state index is 0.0823. The summed E-state index contributed by atoms with van der Waals surface area (Å²) in [5.41, 5.74) is 2.11. The molecule has 1 saturated heterocycles. The normalized spacial score (nSPS) is 17.9. The topological polar surface area (TPSA) is 86.8 Å². The summed E-state index contributed by atoms with van der Waals surface area (Å²) in [4.78, 5) is 26.5. The molecule has 8 heteroatoms. The van der Waals surface area contributed by atoms with Crippen molar-refractivity contribution in [3.63, 3.8) is 0 Å². The number of piperazine rings is 1. The van der Waals surface area contributed by atoms with Gasteiger partial charge in [-0.15, -0.1) is 0 Å². The summed E-state index contributed by atoms with van der Waals surface area (Å²) in [5, 5.41) is 2.67. The number of amides is 2. The summed E-state index contributed by atoms with van der Waals surface area (Å²) in [6.07, 6.45) is 6.34. The number of hydrogen-bond donors (Lipinski definition) is 1. The Labute approximate surface area is 202 Å². The highest BCUT2D eigenvalue weighted by Crippen LogP contribution is 2.33. The Hall–Kier alpha value is -2.71. The van der Waals surface area contributed by atoms with Crippen LogP contribution in [0.25, 0.3) is 0 Å². The molecule has 2 aromatic rings. The molecule has 1 aliphatic heterocycles. The predicted octanol–water partition coefficient (Wildman–Crippen LogP) is 2.93. The van der Waals surface area contributed by atoms with Crippen LogP contribution in [0.1, 0.15) is 49.1 Å². The van der Waals surface area contributed by atoms with E-state index < -0.39 is 10.0 Å². The summed E-state index contributed by atoms with van der Waals surface area (Å²) in [6, 6.07) is 16.7. The van der Waals surface area contributed by atoms with Crippen LogP contribution in [0.2, 0.25) is 0 Å². The highest BCUT2D eigenvalue weighted by atomic mass is 32.2.